The van der Waals surface area contributed by atoms with Crippen molar-refractivity contribution in [2.45, 2.75) is 30.6 Å². The first kappa shape index (κ1) is 13.0. The van der Waals surface area contributed by atoms with E-state index in [2.05, 4.69) is 5.16 Å². The third kappa shape index (κ3) is 2.17. The molecule has 5 nitrogen and oxygen atoms in total. The quantitative estimate of drug-likeness (QED) is 0.842. The number of rotatable bonds is 3. The highest BCUT2D eigenvalue weighted by atomic mass is 32.2. The van der Waals surface area contributed by atoms with Crippen LogP contribution in [0.15, 0.2) is 10.7 Å². The van der Waals surface area contributed by atoms with Crippen molar-refractivity contribution in [2.24, 2.45) is 0 Å². The Morgan fingerprint density at radius 1 is 1.68 bits per heavy atom. The molecule has 1 spiro atoms. The largest absolute Gasteiger partial charge is 0.381 e. The van der Waals surface area contributed by atoms with Gasteiger partial charge in [0, 0.05) is 32.4 Å². The Hall–Kier alpha value is -1.01. The molecule has 104 valence electrons. The van der Waals surface area contributed by atoms with E-state index >= 15 is 0 Å². The lowest BCUT2D eigenvalue weighted by Crippen LogP contribution is -2.60. The first-order chi connectivity index (χ1) is 9.17. The predicted molar refractivity (Wildman–Crippen MR) is 72.4 cm³/mol. The second kappa shape index (κ2) is 4.83. The van der Waals surface area contributed by atoms with Gasteiger partial charge in [-0.3, -0.25) is 4.79 Å². The molecule has 0 aliphatic carbocycles. The molecule has 2 saturated heterocycles. The number of thioether (sulfide) groups is 1. The van der Waals surface area contributed by atoms with E-state index in [-0.39, 0.29) is 10.7 Å². The molecule has 0 radical (unpaired) electrons. The van der Waals surface area contributed by atoms with Gasteiger partial charge in [-0.05, 0) is 6.42 Å². The SMILES string of the molecule is CCc1oncc1C(=O)N1CC2(CC(OC)CS2)C1. The van der Waals surface area contributed by atoms with Crippen LogP contribution in [0.4, 0.5) is 0 Å². The highest BCUT2D eigenvalue weighted by molar-refractivity contribution is 8.01. The van der Waals surface area contributed by atoms with E-state index in [0.29, 0.717) is 23.8 Å². The Kier molecular flexibility index (Phi) is 3.30. The molecule has 1 atom stereocenters. The predicted octanol–water partition coefficient (Wildman–Crippen LogP) is 1.58. The fourth-order valence-corrected chi connectivity index (χ4v) is 4.42. The van der Waals surface area contributed by atoms with Crippen molar-refractivity contribution in [3.8, 4) is 0 Å². The molecule has 0 N–H and O–H groups in total. The number of hydrogen-bond donors (Lipinski definition) is 0. The summed E-state index contributed by atoms with van der Waals surface area (Å²) < 4.78 is 10.7. The standard InChI is InChI=1S/C13H18N2O3S/c1-3-11-10(5-14-18-11)12(16)15-7-13(8-15)4-9(17-2)6-19-13/h5,9H,3-4,6-8H2,1-2H3. The average molecular weight is 282 g/mol. The average Bonchev–Trinajstić information content (AvgIpc) is 3.02. The fourth-order valence-electron chi connectivity index (χ4n) is 2.83. The Bertz CT molecular complexity index is 482. The summed E-state index contributed by atoms with van der Waals surface area (Å²) in [5.74, 6) is 1.76. The second-order valence-electron chi connectivity index (χ2n) is 5.23. The van der Waals surface area contributed by atoms with E-state index in [9.17, 15) is 4.79 Å². The summed E-state index contributed by atoms with van der Waals surface area (Å²) in [4.78, 5) is 14.2. The maximum Gasteiger partial charge on any atom is 0.259 e. The molecule has 2 fully saturated rings. The van der Waals surface area contributed by atoms with Crippen molar-refractivity contribution in [3.63, 3.8) is 0 Å². The number of ether oxygens (including phenoxy) is 1. The lowest BCUT2D eigenvalue weighted by atomic mass is 9.92. The Morgan fingerprint density at radius 3 is 3.11 bits per heavy atom. The van der Waals surface area contributed by atoms with Gasteiger partial charge in [-0.25, -0.2) is 0 Å². The minimum absolute atomic E-state index is 0.0465. The highest BCUT2D eigenvalue weighted by Crippen LogP contribution is 2.46. The normalized spacial score (nSPS) is 24.7. The number of aryl methyl sites for hydroxylation is 1. The van der Waals surface area contributed by atoms with Crippen LogP contribution in [0.2, 0.25) is 0 Å². The summed E-state index contributed by atoms with van der Waals surface area (Å²) in [5, 5.41) is 3.72. The van der Waals surface area contributed by atoms with Gasteiger partial charge in [0.1, 0.15) is 11.3 Å². The van der Waals surface area contributed by atoms with Crippen molar-refractivity contribution in [3.05, 3.63) is 17.5 Å². The van der Waals surface area contributed by atoms with E-state index in [1.54, 1.807) is 7.11 Å². The summed E-state index contributed by atoms with van der Waals surface area (Å²) in [6.07, 6.45) is 3.61. The number of carbonyl (C=O) groups excluding carboxylic acids is 1. The topological polar surface area (TPSA) is 55.6 Å². The highest BCUT2D eigenvalue weighted by Gasteiger charge is 2.51. The maximum absolute atomic E-state index is 12.3. The molecule has 3 heterocycles. The second-order valence-corrected chi connectivity index (χ2v) is 6.72. The van der Waals surface area contributed by atoms with E-state index in [1.807, 2.05) is 23.6 Å². The van der Waals surface area contributed by atoms with Gasteiger partial charge in [0.2, 0.25) is 0 Å². The van der Waals surface area contributed by atoms with E-state index in [4.69, 9.17) is 9.26 Å². The molecule has 0 aromatic carbocycles. The summed E-state index contributed by atoms with van der Waals surface area (Å²) >= 11 is 1.93. The first-order valence-electron chi connectivity index (χ1n) is 6.57. The molecule has 0 saturated carbocycles. The Labute approximate surface area is 116 Å². The van der Waals surface area contributed by atoms with Crippen LogP contribution in [-0.2, 0) is 11.2 Å². The molecule has 1 aromatic rings. The number of methoxy groups -OCH3 is 1. The van der Waals surface area contributed by atoms with E-state index in [1.165, 1.54) is 6.20 Å². The van der Waals surface area contributed by atoms with Gasteiger partial charge in [-0.2, -0.15) is 0 Å². The number of aromatic nitrogens is 1. The summed E-state index contributed by atoms with van der Waals surface area (Å²) in [6.45, 7) is 3.58. The van der Waals surface area contributed by atoms with E-state index in [0.717, 1.165) is 25.3 Å². The van der Waals surface area contributed by atoms with Gasteiger partial charge in [-0.1, -0.05) is 12.1 Å². The van der Waals surface area contributed by atoms with Crippen LogP contribution in [0, 0.1) is 0 Å². The smallest absolute Gasteiger partial charge is 0.259 e. The maximum atomic E-state index is 12.3. The number of nitrogens with zero attached hydrogens (tertiary/aromatic N) is 2. The Morgan fingerprint density at radius 2 is 2.47 bits per heavy atom. The van der Waals surface area contributed by atoms with Gasteiger partial charge < -0.3 is 14.2 Å². The van der Waals surface area contributed by atoms with Crippen LogP contribution < -0.4 is 0 Å². The lowest BCUT2D eigenvalue weighted by molar-refractivity contribution is 0.0450. The zero-order chi connectivity index (χ0) is 13.5. The van der Waals surface area contributed by atoms with Gasteiger partial charge in [0.05, 0.1) is 17.0 Å². The molecule has 1 aromatic heterocycles. The van der Waals surface area contributed by atoms with Crippen molar-refractivity contribution >= 4 is 17.7 Å². The number of likely N-dealkylation sites (tertiary alicyclic amines) is 1. The minimum atomic E-state index is 0.0465. The number of amides is 1. The summed E-state index contributed by atoms with van der Waals surface area (Å²) in [6, 6.07) is 0. The van der Waals surface area contributed by atoms with Crippen molar-refractivity contribution in [1.29, 1.82) is 0 Å². The van der Waals surface area contributed by atoms with Crippen LogP contribution in [-0.4, -0.2) is 52.8 Å². The van der Waals surface area contributed by atoms with Crippen LogP contribution >= 0.6 is 11.8 Å². The summed E-state index contributed by atoms with van der Waals surface area (Å²) in [5.41, 5.74) is 0.614. The molecular formula is C13H18N2O3S. The Balaban J connectivity index is 1.63. The molecule has 1 unspecified atom stereocenters. The van der Waals surface area contributed by atoms with Crippen LogP contribution in [0.5, 0.6) is 0 Å². The molecule has 3 rings (SSSR count). The van der Waals surface area contributed by atoms with Gasteiger partial charge in [0.15, 0.2) is 0 Å². The molecular weight excluding hydrogens is 264 g/mol. The zero-order valence-electron chi connectivity index (χ0n) is 11.2. The van der Waals surface area contributed by atoms with E-state index < -0.39 is 0 Å². The number of carbonyl (C=O) groups is 1. The van der Waals surface area contributed by atoms with Crippen molar-refractivity contribution in [2.75, 3.05) is 26.0 Å². The molecule has 2 aliphatic rings. The van der Waals surface area contributed by atoms with Crippen molar-refractivity contribution in [1.82, 2.24) is 10.1 Å². The van der Waals surface area contributed by atoms with Crippen molar-refractivity contribution < 1.29 is 14.1 Å². The van der Waals surface area contributed by atoms with Gasteiger partial charge in [0.25, 0.3) is 5.91 Å². The zero-order valence-corrected chi connectivity index (χ0v) is 12.0. The fraction of sp³-hybridized carbons (Fsp3) is 0.692. The van der Waals surface area contributed by atoms with Gasteiger partial charge >= 0.3 is 0 Å². The monoisotopic (exact) mass is 282 g/mol. The minimum Gasteiger partial charge on any atom is -0.381 e. The lowest BCUT2D eigenvalue weighted by Gasteiger charge is -2.47. The molecule has 19 heavy (non-hydrogen) atoms. The molecule has 6 heteroatoms. The van der Waals surface area contributed by atoms with Crippen LogP contribution in [0.1, 0.15) is 29.5 Å². The third-order valence-corrected chi connectivity index (χ3v) is 5.53. The molecule has 1 amide bonds. The molecule has 2 aliphatic heterocycles. The van der Waals surface area contributed by atoms with Crippen LogP contribution in [0.3, 0.4) is 0 Å². The number of hydrogen-bond acceptors (Lipinski definition) is 5. The van der Waals surface area contributed by atoms with Crippen LogP contribution in [0.25, 0.3) is 0 Å². The first-order valence-corrected chi connectivity index (χ1v) is 7.55. The third-order valence-electron chi connectivity index (χ3n) is 3.95. The molecule has 0 bridgehead atoms. The summed E-state index contributed by atoms with van der Waals surface area (Å²) in [7, 11) is 1.76. The van der Waals surface area contributed by atoms with Gasteiger partial charge in [-0.15, -0.1) is 11.8 Å².